The molecule has 3 fully saturated rings. The zero-order chi connectivity index (χ0) is 33.9. The van der Waals surface area contributed by atoms with E-state index in [1.165, 1.54) is 5.57 Å². The number of Topliss-reactive ketones (excluding diaryl/α,β-unsaturated/α-hetero) is 1. The molecule has 2 saturated heterocycles. The van der Waals surface area contributed by atoms with Gasteiger partial charge in [0.2, 0.25) is 11.8 Å². The third-order valence-electron chi connectivity index (χ3n) is 9.47. The van der Waals surface area contributed by atoms with Gasteiger partial charge in [0.05, 0.1) is 30.5 Å². The summed E-state index contributed by atoms with van der Waals surface area (Å²) in [5.41, 5.74) is 1.55. The van der Waals surface area contributed by atoms with Crippen LogP contribution in [0.15, 0.2) is 35.9 Å². The second-order valence-corrected chi connectivity index (χ2v) is 14.5. The van der Waals surface area contributed by atoms with E-state index in [4.69, 9.17) is 14.2 Å². The molecule has 0 aromatic heterocycles. The minimum Gasteiger partial charge on any atom is -0.379 e. The van der Waals surface area contributed by atoms with Gasteiger partial charge in [-0.2, -0.15) is 0 Å². The molecular formula is C35H52N4O7. The molecule has 1 unspecified atom stereocenters. The molecule has 7 atom stereocenters. The minimum absolute atomic E-state index is 0.00256. The van der Waals surface area contributed by atoms with Gasteiger partial charge < -0.3 is 35.5 Å². The Labute approximate surface area is 272 Å². The molecule has 4 rings (SSSR count). The van der Waals surface area contributed by atoms with Gasteiger partial charge in [0.25, 0.3) is 0 Å². The summed E-state index contributed by atoms with van der Waals surface area (Å²) < 4.78 is 18.3. The number of epoxide rings is 2. The number of rotatable bonds is 13. The Hall–Kier alpha value is -3.28. The topological polar surface area (TPSA) is 151 Å². The van der Waals surface area contributed by atoms with Gasteiger partial charge in [-0.3, -0.25) is 14.4 Å². The number of benzene rings is 1. The SMILES string of the molecule is CO[C@H]1[C@H](C2(C)O[C@@H]2CC=C(C)C)[C@]2(CC[C@H]1NC(=O)NCc1ccc(NC(=O)[C@H](C)NC(=O)CCC(=O)C(C)(C)C)cc1)CO2. The van der Waals surface area contributed by atoms with E-state index in [1.54, 1.807) is 26.2 Å². The average molecular weight is 641 g/mol. The molecule has 1 aromatic carbocycles. The number of carbonyl (C=O) groups is 4. The molecule has 3 aliphatic rings. The Morgan fingerprint density at radius 3 is 2.37 bits per heavy atom. The van der Waals surface area contributed by atoms with E-state index in [1.807, 2.05) is 32.9 Å². The molecule has 11 nitrogen and oxygen atoms in total. The number of nitrogens with one attached hydrogen (secondary N) is 4. The average Bonchev–Trinajstić information content (AvgIpc) is 3.91. The Morgan fingerprint density at radius 1 is 1.11 bits per heavy atom. The highest BCUT2D eigenvalue weighted by Crippen LogP contribution is 2.59. The number of ether oxygens (including phenoxy) is 3. The zero-order valence-corrected chi connectivity index (χ0v) is 28.6. The summed E-state index contributed by atoms with van der Waals surface area (Å²) in [7, 11) is 1.69. The van der Waals surface area contributed by atoms with E-state index >= 15 is 0 Å². The number of hydrogen-bond donors (Lipinski definition) is 4. The molecule has 4 amide bonds. The van der Waals surface area contributed by atoms with Gasteiger partial charge in [0.15, 0.2) is 0 Å². The molecule has 4 N–H and O–H groups in total. The van der Waals surface area contributed by atoms with Crippen LogP contribution in [0, 0.1) is 11.3 Å². The van der Waals surface area contributed by atoms with Crippen LogP contribution in [-0.2, 0) is 35.1 Å². The highest BCUT2D eigenvalue weighted by atomic mass is 16.6. The van der Waals surface area contributed by atoms with Gasteiger partial charge >= 0.3 is 6.03 Å². The summed E-state index contributed by atoms with van der Waals surface area (Å²) in [6.07, 6.45) is 4.66. The fraction of sp³-hybridized carbons (Fsp3) is 0.657. The van der Waals surface area contributed by atoms with Crippen LogP contribution in [0.25, 0.3) is 0 Å². The van der Waals surface area contributed by atoms with E-state index < -0.39 is 11.5 Å². The molecule has 1 aromatic rings. The normalized spacial score (nSPS) is 28.9. The van der Waals surface area contributed by atoms with E-state index in [2.05, 4.69) is 48.1 Å². The van der Waals surface area contributed by atoms with Crippen molar-refractivity contribution in [2.75, 3.05) is 19.0 Å². The van der Waals surface area contributed by atoms with Crippen LogP contribution in [0.4, 0.5) is 10.5 Å². The molecule has 0 radical (unpaired) electrons. The quantitative estimate of drug-likeness (QED) is 0.184. The number of urea groups is 1. The van der Waals surface area contributed by atoms with Crippen LogP contribution >= 0.6 is 0 Å². The maximum atomic E-state index is 13.0. The Kier molecular flexibility index (Phi) is 11.0. The number of ketones is 1. The Morgan fingerprint density at radius 2 is 1.78 bits per heavy atom. The van der Waals surface area contributed by atoms with Crippen LogP contribution in [0.5, 0.6) is 0 Å². The van der Waals surface area contributed by atoms with Crippen molar-refractivity contribution in [3.05, 3.63) is 41.5 Å². The first-order chi connectivity index (χ1) is 21.6. The molecule has 2 heterocycles. The van der Waals surface area contributed by atoms with Crippen molar-refractivity contribution in [2.24, 2.45) is 11.3 Å². The molecule has 0 bridgehead atoms. The van der Waals surface area contributed by atoms with Crippen molar-refractivity contribution >= 4 is 29.3 Å². The van der Waals surface area contributed by atoms with Gasteiger partial charge in [-0.05, 0) is 64.7 Å². The molecule has 11 heteroatoms. The maximum absolute atomic E-state index is 13.0. The summed E-state index contributed by atoms with van der Waals surface area (Å²) in [5.74, 6) is -0.709. The first-order valence-electron chi connectivity index (χ1n) is 16.3. The lowest BCUT2D eigenvalue weighted by Gasteiger charge is -2.43. The third kappa shape index (κ3) is 8.74. The molecule has 1 aliphatic carbocycles. The summed E-state index contributed by atoms with van der Waals surface area (Å²) in [6, 6.07) is 5.88. The van der Waals surface area contributed by atoms with Crippen molar-refractivity contribution in [3.8, 4) is 0 Å². The predicted octanol–water partition coefficient (Wildman–Crippen LogP) is 4.40. The third-order valence-corrected chi connectivity index (χ3v) is 9.47. The molecular weight excluding hydrogens is 588 g/mol. The lowest BCUT2D eigenvalue weighted by molar-refractivity contribution is -0.130. The second kappa shape index (κ2) is 14.2. The monoisotopic (exact) mass is 640 g/mol. The van der Waals surface area contributed by atoms with Gasteiger partial charge in [0, 0.05) is 43.5 Å². The largest absolute Gasteiger partial charge is 0.379 e. The van der Waals surface area contributed by atoms with Gasteiger partial charge in [-0.1, -0.05) is 44.6 Å². The van der Waals surface area contributed by atoms with Crippen molar-refractivity contribution < 1.29 is 33.4 Å². The summed E-state index contributed by atoms with van der Waals surface area (Å²) in [5, 5.41) is 11.5. The standard InChI is InChI=1S/C35H52N4O7/c1-21(2)9-15-27-34(7,46-27)30-29(44-8)25(17-18-35(30)20-45-35)39-32(43)36-19-23-10-12-24(13-11-23)38-31(42)22(3)37-28(41)16-14-26(40)33(4,5)6/h9-13,22,25,27,29-30H,14-20H2,1-8H3,(H,37,41)(H,38,42)(H2,36,39,43)/t22-,25+,27+,29+,30+,34?,35-/m0/s1. The highest BCUT2D eigenvalue weighted by Gasteiger charge is 2.71. The van der Waals surface area contributed by atoms with Gasteiger partial charge in [-0.15, -0.1) is 0 Å². The molecule has 46 heavy (non-hydrogen) atoms. The van der Waals surface area contributed by atoms with E-state index in [0.29, 0.717) is 18.8 Å². The van der Waals surface area contributed by atoms with Gasteiger partial charge in [-0.25, -0.2) is 4.79 Å². The van der Waals surface area contributed by atoms with Crippen molar-refractivity contribution in [1.82, 2.24) is 16.0 Å². The van der Waals surface area contributed by atoms with E-state index in [9.17, 15) is 19.2 Å². The van der Waals surface area contributed by atoms with Gasteiger partial charge in [0.1, 0.15) is 17.4 Å². The number of allylic oxidation sites excluding steroid dienone is 1. The Bertz CT molecular complexity index is 1310. The molecule has 1 saturated carbocycles. The summed E-state index contributed by atoms with van der Waals surface area (Å²) in [4.78, 5) is 49.9. The minimum atomic E-state index is -0.767. The smallest absolute Gasteiger partial charge is 0.315 e. The zero-order valence-electron chi connectivity index (χ0n) is 28.6. The second-order valence-electron chi connectivity index (χ2n) is 14.5. The highest BCUT2D eigenvalue weighted by molar-refractivity contribution is 5.97. The summed E-state index contributed by atoms with van der Waals surface area (Å²) in [6.45, 7) is 14.3. The van der Waals surface area contributed by atoms with Crippen LogP contribution in [0.1, 0.15) is 86.1 Å². The predicted molar refractivity (Wildman–Crippen MR) is 175 cm³/mol. The number of anilines is 1. The first-order valence-corrected chi connectivity index (χ1v) is 16.3. The van der Waals surface area contributed by atoms with E-state index in [0.717, 1.165) is 24.8 Å². The fourth-order valence-corrected chi connectivity index (χ4v) is 6.48. The van der Waals surface area contributed by atoms with Crippen LogP contribution in [0.3, 0.4) is 0 Å². The number of carbonyl (C=O) groups excluding carboxylic acids is 4. The van der Waals surface area contributed by atoms with Crippen molar-refractivity contribution in [1.29, 1.82) is 0 Å². The fourth-order valence-electron chi connectivity index (χ4n) is 6.48. The maximum Gasteiger partial charge on any atom is 0.315 e. The Balaban J connectivity index is 1.23. The number of methoxy groups -OCH3 is 1. The number of hydrogen-bond acceptors (Lipinski definition) is 7. The van der Waals surface area contributed by atoms with Crippen LogP contribution in [-0.4, -0.2) is 72.8 Å². The van der Waals surface area contributed by atoms with Crippen molar-refractivity contribution in [2.45, 2.75) is 123 Å². The number of amides is 4. The lowest BCUT2D eigenvalue weighted by Crippen LogP contribution is -2.60. The molecule has 2 aliphatic heterocycles. The molecule has 1 spiro atoms. The molecule has 254 valence electrons. The van der Waals surface area contributed by atoms with Crippen molar-refractivity contribution in [3.63, 3.8) is 0 Å². The first kappa shape index (κ1) is 35.6. The van der Waals surface area contributed by atoms with Crippen LogP contribution < -0.4 is 21.3 Å². The summed E-state index contributed by atoms with van der Waals surface area (Å²) >= 11 is 0. The van der Waals surface area contributed by atoms with E-state index in [-0.39, 0.29) is 71.8 Å². The van der Waals surface area contributed by atoms with Crippen LogP contribution in [0.2, 0.25) is 0 Å². The lowest BCUT2D eigenvalue weighted by atomic mass is 9.67.